The summed E-state index contributed by atoms with van der Waals surface area (Å²) in [4.78, 5) is 11.8. The summed E-state index contributed by atoms with van der Waals surface area (Å²) in [5.74, 6) is 0.842. The van der Waals surface area contributed by atoms with Crippen LogP contribution >= 0.6 is 0 Å². The van der Waals surface area contributed by atoms with E-state index in [1.807, 2.05) is 43.3 Å². The lowest BCUT2D eigenvalue weighted by atomic mass is 10.1. The van der Waals surface area contributed by atoms with Crippen molar-refractivity contribution in [3.8, 4) is 0 Å². The van der Waals surface area contributed by atoms with Crippen molar-refractivity contribution in [3.05, 3.63) is 59.5 Å². The van der Waals surface area contributed by atoms with Crippen molar-refractivity contribution in [2.45, 2.75) is 13.3 Å². The Kier molecular flexibility index (Phi) is 3.60. The van der Waals surface area contributed by atoms with Crippen LogP contribution in [0, 0.1) is 6.92 Å². The van der Waals surface area contributed by atoms with Gasteiger partial charge in [-0.05, 0) is 31.2 Å². The molecule has 2 aromatic rings. The maximum Gasteiger partial charge on any atom is 0.251 e. The van der Waals surface area contributed by atoms with E-state index < -0.39 is 0 Å². The molecular formula is C14H15NO2. The van der Waals surface area contributed by atoms with Crippen LogP contribution < -0.4 is 5.32 Å². The number of carbonyl (C=O) groups excluding carboxylic acids is 1. The quantitative estimate of drug-likeness (QED) is 0.875. The Morgan fingerprint density at radius 2 is 2.18 bits per heavy atom. The Morgan fingerprint density at radius 3 is 2.88 bits per heavy atom. The van der Waals surface area contributed by atoms with E-state index in [1.54, 1.807) is 6.26 Å². The molecule has 0 spiro atoms. The third-order valence-electron chi connectivity index (χ3n) is 2.52. The Bertz CT molecular complexity index is 489. The molecule has 1 amide bonds. The normalized spacial score (nSPS) is 10.2. The molecule has 0 fully saturated rings. The molecule has 88 valence electrons. The molecule has 0 atom stereocenters. The zero-order valence-corrected chi connectivity index (χ0v) is 9.77. The molecule has 3 heteroatoms. The fraction of sp³-hybridized carbons (Fsp3) is 0.214. The maximum absolute atomic E-state index is 11.8. The molecule has 1 aromatic heterocycles. The van der Waals surface area contributed by atoms with Crippen LogP contribution in [0.25, 0.3) is 0 Å². The number of hydrogen-bond donors (Lipinski definition) is 1. The predicted molar refractivity (Wildman–Crippen MR) is 65.9 cm³/mol. The molecule has 1 N–H and O–H groups in total. The Balaban J connectivity index is 1.85. The number of rotatable bonds is 4. The predicted octanol–water partition coefficient (Wildman–Crippen LogP) is 2.56. The summed E-state index contributed by atoms with van der Waals surface area (Å²) < 4.78 is 5.19. The van der Waals surface area contributed by atoms with Gasteiger partial charge in [0, 0.05) is 18.5 Å². The molecule has 1 heterocycles. The van der Waals surface area contributed by atoms with Crippen LogP contribution in [0.4, 0.5) is 0 Å². The summed E-state index contributed by atoms with van der Waals surface area (Å²) in [5.41, 5.74) is 1.79. The van der Waals surface area contributed by atoms with E-state index in [9.17, 15) is 4.79 Å². The highest BCUT2D eigenvalue weighted by Crippen LogP contribution is 2.04. The third kappa shape index (κ3) is 3.21. The van der Waals surface area contributed by atoms with Crippen molar-refractivity contribution in [3.63, 3.8) is 0 Å². The van der Waals surface area contributed by atoms with Gasteiger partial charge in [-0.25, -0.2) is 0 Å². The molecule has 3 nitrogen and oxygen atoms in total. The minimum absolute atomic E-state index is 0.0414. The first kappa shape index (κ1) is 11.5. The lowest BCUT2D eigenvalue weighted by molar-refractivity contribution is 0.0953. The SMILES string of the molecule is Cc1cccc(C(=O)NCCc2ccco2)c1. The monoisotopic (exact) mass is 229 g/mol. The fourth-order valence-electron chi connectivity index (χ4n) is 1.64. The minimum atomic E-state index is -0.0414. The van der Waals surface area contributed by atoms with E-state index in [0.717, 1.165) is 11.3 Å². The first-order valence-electron chi connectivity index (χ1n) is 5.63. The largest absolute Gasteiger partial charge is 0.469 e. The van der Waals surface area contributed by atoms with E-state index in [-0.39, 0.29) is 5.91 Å². The van der Waals surface area contributed by atoms with Crippen LogP contribution in [0.1, 0.15) is 21.7 Å². The molecule has 17 heavy (non-hydrogen) atoms. The lowest BCUT2D eigenvalue weighted by Crippen LogP contribution is -2.25. The highest BCUT2D eigenvalue weighted by atomic mass is 16.3. The molecule has 0 aliphatic carbocycles. The first-order chi connectivity index (χ1) is 8.25. The molecule has 2 rings (SSSR count). The van der Waals surface area contributed by atoms with Gasteiger partial charge in [0.1, 0.15) is 5.76 Å². The second kappa shape index (κ2) is 5.34. The van der Waals surface area contributed by atoms with Gasteiger partial charge in [0.15, 0.2) is 0 Å². The summed E-state index contributed by atoms with van der Waals surface area (Å²) in [6.07, 6.45) is 2.35. The van der Waals surface area contributed by atoms with Gasteiger partial charge < -0.3 is 9.73 Å². The van der Waals surface area contributed by atoms with Crippen molar-refractivity contribution in [2.24, 2.45) is 0 Å². The van der Waals surface area contributed by atoms with Crippen LogP contribution in [0.15, 0.2) is 47.1 Å². The van der Waals surface area contributed by atoms with Crippen LogP contribution in [0.5, 0.6) is 0 Å². The molecule has 0 bridgehead atoms. The van der Waals surface area contributed by atoms with E-state index >= 15 is 0 Å². The second-order valence-electron chi connectivity index (χ2n) is 3.95. The minimum Gasteiger partial charge on any atom is -0.469 e. The second-order valence-corrected chi connectivity index (χ2v) is 3.95. The molecule has 0 saturated heterocycles. The number of aryl methyl sites for hydroxylation is 1. The van der Waals surface area contributed by atoms with E-state index in [0.29, 0.717) is 18.5 Å². The standard InChI is InChI=1S/C14H15NO2/c1-11-4-2-5-12(10-11)14(16)15-8-7-13-6-3-9-17-13/h2-6,9-10H,7-8H2,1H3,(H,15,16). The number of nitrogens with one attached hydrogen (secondary N) is 1. The van der Waals surface area contributed by atoms with Crippen molar-refractivity contribution in [1.82, 2.24) is 5.32 Å². The van der Waals surface area contributed by atoms with E-state index in [2.05, 4.69) is 5.32 Å². The molecule has 0 radical (unpaired) electrons. The zero-order chi connectivity index (χ0) is 12.1. The van der Waals surface area contributed by atoms with Crippen LogP contribution in [-0.4, -0.2) is 12.5 Å². The third-order valence-corrected chi connectivity index (χ3v) is 2.52. The van der Waals surface area contributed by atoms with Gasteiger partial charge >= 0.3 is 0 Å². The maximum atomic E-state index is 11.8. The Labute approximate surface area is 100 Å². The van der Waals surface area contributed by atoms with Gasteiger partial charge in [0.05, 0.1) is 6.26 Å². The summed E-state index contributed by atoms with van der Waals surface area (Å²) >= 11 is 0. The van der Waals surface area contributed by atoms with Gasteiger partial charge in [-0.3, -0.25) is 4.79 Å². The Hall–Kier alpha value is -2.03. The van der Waals surface area contributed by atoms with Gasteiger partial charge in [-0.2, -0.15) is 0 Å². The van der Waals surface area contributed by atoms with Gasteiger partial charge in [0.25, 0.3) is 5.91 Å². The number of carbonyl (C=O) groups is 1. The average Bonchev–Trinajstić information content (AvgIpc) is 2.82. The topological polar surface area (TPSA) is 42.2 Å². The highest BCUT2D eigenvalue weighted by molar-refractivity contribution is 5.94. The summed E-state index contributed by atoms with van der Waals surface area (Å²) in [6.45, 7) is 2.56. The van der Waals surface area contributed by atoms with Crippen LogP contribution in [0.2, 0.25) is 0 Å². The van der Waals surface area contributed by atoms with Crippen molar-refractivity contribution >= 4 is 5.91 Å². The number of hydrogen-bond acceptors (Lipinski definition) is 2. The first-order valence-corrected chi connectivity index (χ1v) is 5.63. The molecule has 0 aliphatic rings. The van der Waals surface area contributed by atoms with Crippen molar-refractivity contribution in [2.75, 3.05) is 6.54 Å². The van der Waals surface area contributed by atoms with E-state index in [1.165, 1.54) is 0 Å². The highest BCUT2D eigenvalue weighted by Gasteiger charge is 2.04. The lowest BCUT2D eigenvalue weighted by Gasteiger charge is -2.04. The van der Waals surface area contributed by atoms with Gasteiger partial charge in [0.2, 0.25) is 0 Å². The zero-order valence-electron chi connectivity index (χ0n) is 9.77. The average molecular weight is 229 g/mol. The Morgan fingerprint density at radius 1 is 1.29 bits per heavy atom. The smallest absolute Gasteiger partial charge is 0.251 e. The number of furan rings is 1. The number of benzene rings is 1. The fourth-order valence-corrected chi connectivity index (χ4v) is 1.64. The summed E-state index contributed by atoms with van der Waals surface area (Å²) in [7, 11) is 0. The molecule has 0 saturated carbocycles. The van der Waals surface area contributed by atoms with Crippen LogP contribution in [-0.2, 0) is 6.42 Å². The molecular weight excluding hydrogens is 214 g/mol. The summed E-state index contributed by atoms with van der Waals surface area (Å²) in [5, 5.41) is 2.87. The van der Waals surface area contributed by atoms with Crippen molar-refractivity contribution in [1.29, 1.82) is 0 Å². The van der Waals surface area contributed by atoms with Gasteiger partial charge in [-0.15, -0.1) is 0 Å². The molecule has 0 aliphatic heterocycles. The van der Waals surface area contributed by atoms with Gasteiger partial charge in [-0.1, -0.05) is 17.7 Å². The molecule has 0 unspecified atom stereocenters. The van der Waals surface area contributed by atoms with Crippen LogP contribution in [0.3, 0.4) is 0 Å². The number of amides is 1. The van der Waals surface area contributed by atoms with Crippen molar-refractivity contribution < 1.29 is 9.21 Å². The van der Waals surface area contributed by atoms with E-state index in [4.69, 9.17) is 4.42 Å². The summed E-state index contributed by atoms with van der Waals surface area (Å²) in [6, 6.07) is 11.3. The molecule has 1 aromatic carbocycles.